The van der Waals surface area contributed by atoms with Crippen molar-refractivity contribution < 1.29 is 19.2 Å². The number of H-pyrrole nitrogens is 1. The lowest BCUT2D eigenvalue weighted by molar-refractivity contribution is 0.0232. The van der Waals surface area contributed by atoms with E-state index in [1.807, 2.05) is 30.3 Å². The molecule has 2 heterocycles. The lowest BCUT2D eigenvalue weighted by atomic mass is 10.2. The number of hydrogen-bond donors (Lipinski definition) is 2. The second-order valence-electron chi connectivity index (χ2n) is 5.55. The van der Waals surface area contributed by atoms with Gasteiger partial charge in [-0.15, -0.1) is 0 Å². The first-order valence-electron chi connectivity index (χ1n) is 7.96. The molecule has 0 aliphatic carbocycles. The molecule has 1 saturated heterocycles. The Labute approximate surface area is 153 Å². The van der Waals surface area contributed by atoms with Crippen molar-refractivity contribution in [2.75, 3.05) is 18.0 Å². The van der Waals surface area contributed by atoms with Crippen molar-refractivity contribution in [2.24, 2.45) is 5.10 Å². The van der Waals surface area contributed by atoms with Crippen LogP contribution in [0.5, 0.6) is 0 Å². The van der Waals surface area contributed by atoms with Crippen LogP contribution >= 0.6 is 0 Å². The van der Waals surface area contributed by atoms with Crippen LogP contribution < -0.4 is 15.8 Å². The molecule has 0 saturated carbocycles. The normalized spacial score (nSPS) is 13.4. The molecular weight excluding hydrogens is 354 g/mol. The van der Waals surface area contributed by atoms with Gasteiger partial charge in [0.25, 0.3) is 12.0 Å². The van der Waals surface area contributed by atoms with Gasteiger partial charge in [0.2, 0.25) is 0 Å². The van der Waals surface area contributed by atoms with Gasteiger partial charge in [-0.1, -0.05) is 35.4 Å². The molecule has 0 bridgehead atoms. The molecule has 1 aliphatic rings. The van der Waals surface area contributed by atoms with E-state index in [9.17, 15) is 19.2 Å². The van der Waals surface area contributed by atoms with E-state index in [4.69, 9.17) is 4.84 Å². The third kappa shape index (κ3) is 4.09. The average molecular weight is 369 g/mol. The van der Waals surface area contributed by atoms with Crippen molar-refractivity contribution in [2.45, 2.75) is 6.61 Å². The molecule has 138 valence electrons. The number of carbonyl (C=O) groups is 2. The summed E-state index contributed by atoms with van der Waals surface area (Å²) in [5.41, 5.74) is 2.31. The standard InChI is InChI=1S/C17H15N5O5/c23-11-19-22-7-6-21(17(22)26)15-8-14(24)13(9-18-15)16(25)20-27-10-12-4-2-1-3-5-12/h1-5,8-9H,6-7,10H2,(H,18,24)(H,20,25). The van der Waals surface area contributed by atoms with Crippen LogP contribution in [0.4, 0.5) is 10.6 Å². The van der Waals surface area contributed by atoms with E-state index >= 15 is 0 Å². The first kappa shape index (κ1) is 18.1. The van der Waals surface area contributed by atoms with Crippen LogP contribution in [0.2, 0.25) is 0 Å². The van der Waals surface area contributed by atoms with Gasteiger partial charge in [0.05, 0.1) is 13.2 Å². The Hall–Kier alpha value is -3.75. The summed E-state index contributed by atoms with van der Waals surface area (Å²) in [7, 11) is 0. The fourth-order valence-electron chi connectivity index (χ4n) is 2.50. The smallest absolute Gasteiger partial charge is 0.346 e. The van der Waals surface area contributed by atoms with Crippen molar-refractivity contribution in [1.82, 2.24) is 15.5 Å². The van der Waals surface area contributed by atoms with E-state index in [1.165, 1.54) is 17.2 Å². The van der Waals surface area contributed by atoms with E-state index in [2.05, 4.69) is 15.6 Å². The maximum atomic E-state index is 12.2. The maximum absolute atomic E-state index is 12.2. The van der Waals surface area contributed by atoms with Crippen LogP contribution in [0.3, 0.4) is 0 Å². The summed E-state index contributed by atoms with van der Waals surface area (Å²) in [6, 6.07) is 9.75. The largest absolute Gasteiger partial charge is 0.347 e. The number of carbonyl (C=O) groups excluding carboxylic acids is 3. The van der Waals surface area contributed by atoms with Crippen molar-refractivity contribution in [3.63, 3.8) is 0 Å². The van der Waals surface area contributed by atoms with E-state index in [0.717, 1.165) is 16.6 Å². The van der Waals surface area contributed by atoms with Gasteiger partial charge >= 0.3 is 6.03 Å². The minimum Gasteiger partial charge on any atom is -0.347 e. The van der Waals surface area contributed by atoms with E-state index in [1.54, 1.807) is 0 Å². The van der Waals surface area contributed by atoms with Crippen molar-refractivity contribution in [3.8, 4) is 0 Å². The average Bonchev–Trinajstić information content (AvgIpc) is 3.03. The first-order valence-corrected chi connectivity index (χ1v) is 7.96. The van der Waals surface area contributed by atoms with E-state index in [-0.39, 0.29) is 31.1 Å². The first-order chi connectivity index (χ1) is 13.1. The van der Waals surface area contributed by atoms with Gasteiger partial charge < -0.3 is 4.98 Å². The minimum absolute atomic E-state index is 0.151. The van der Waals surface area contributed by atoms with Gasteiger partial charge in [-0.25, -0.2) is 20.1 Å². The van der Waals surface area contributed by atoms with Gasteiger partial charge in [-0.2, -0.15) is 0 Å². The Bertz CT molecular complexity index is 952. The van der Waals surface area contributed by atoms with Crippen LogP contribution in [-0.4, -0.2) is 41.1 Å². The van der Waals surface area contributed by atoms with Crippen molar-refractivity contribution in [1.29, 1.82) is 0 Å². The molecule has 1 fully saturated rings. The number of hydrazone groups is 1. The highest BCUT2D eigenvalue weighted by atomic mass is 16.6. The van der Waals surface area contributed by atoms with Crippen molar-refractivity contribution >= 4 is 23.8 Å². The van der Waals surface area contributed by atoms with E-state index < -0.39 is 17.4 Å². The molecule has 27 heavy (non-hydrogen) atoms. The Kier molecular flexibility index (Phi) is 5.41. The van der Waals surface area contributed by atoms with E-state index in [0.29, 0.717) is 0 Å². The van der Waals surface area contributed by atoms with Gasteiger partial charge in [0, 0.05) is 18.8 Å². The molecule has 2 N–H and O–H groups in total. The topological polar surface area (TPSA) is 124 Å². The summed E-state index contributed by atoms with van der Waals surface area (Å²) in [5.74, 6) is -0.519. The Morgan fingerprint density at radius 2 is 2.04 bits per heavy atom. The van der Waals surface area contributed by atoms with Crippen LogP contribution in [0.1, 0.15) is 15.9 Å². The van der Waals surface area contributed by atoms with Crippen LogP contribution in [0, 0.1) is 0 Å². The number of benzene rings is 1. The fourth-order valence-corrected chi connectivity index (χ4v) is 2.50. The number of nitrogens with one attached hydrogen (secondary N) is 2. The molecule has 1 aliphatic heterocycles. The zero-order valence-corrected chi connectivity index (χ0v) is 14.0. The highest BCUT2D eigenvalue weighted by molar-refractivity contribution is 5.95. The van der Waals surface area contributed by atoms with Crippen LogP contribution in [0.15, 0.2) is 52.5 Å². The molecule has 3 rings (SSSR count). The Morgan fingerprint density at radius 1 is 1.26 bits per heavy atom. The number of nitrogens with zero attached hydrogens (tertiary/aromatic N) is 3. The second kappa shape index (κ2) is 8.09. The minimum atomic E-state index is -0.710. The number of isocyanates is 1. The zero-order valence-electron chi connectivity index (χ0n) is 14.0. The van der Waals surface area contributed by atoms with Crippen LogP contribution in [-0.2, 0) is 16.2 Å². The molecule has 10 nitrogen and oxygen atoms in total. The third-order valence-corrected chi connectivity index (χ3v) is 3.83. The Morgan fingerprint density at radius 3 is 2.74 bits per heavy atom. The summed E-state index contributed by atoms with van der Waals surface area (Å²) >= 11 is 0. The maximum Gasteiger partial charge on any atom is 0.346 e. The van der Waals surface area contributed by atoms with Crippen LogP contribution in [0.25, 0.3) is 0 Å². The number of anilines is 1. The molecule has 1 aromatic carbocycles. The predicted octanol–water partition coefficient (Wildman–Crippen LogP) is 0.729. The molecule has 3 amide bonds. The molecular formula is C17H15N5O5. The second-order valence-corrected chi connectivity index (χ2v) is 5.55. The molecule has 10 heteroatoms. The summed E-state index contributed by atoms with van der Waals surface area (Å²) in [6.45, 7) is 0.565. The molecule has 1 aromatic heterocycles. The summed E-state index contributed by atoms with van der Waals surface area (Å²) in [6.07, 6.45) is 2.49. The number of urea groups is 1. The Balaban J connectivity index is 1.64. The molecule has 0 atom stereocenters. The highest BCUT2D eigenvalue weighted by Gasteiger charge is 2.30. The zero-order chi connectivity index (χ0) is 19.2. The molecule has 0 unspecified atom stereocenters. The monoisotopic (exact) mass is 369 g/mol. The summed E-state index contributed by atoms with van der Waals surface area (Å²) in [5, 5.41) is 4.21. The molecule has 0 radical (unpaired) electrons. The lowest BCUT2D eigenvalue weighted by Crippen LogP contribution is -2.32. The third-order valence-electron chi connectivity index (χ3n) is 3.83. The number of hydrogen-bond acceptors (Lipinski definition) is 6. The molecule has 2 aromatic rings. The SMILES string of the molecule is O=C=NN1CCN(c2cc(=O)c(C(=O)NOCc3ccccc3)c[nH]2)C1=O. The summed E-state index contributed by atoms with van der Waals surface area (Å²) < 4.78 is 0. The number of aromatic amines is 1. The molecule has 0 spiro atoms. The lowest BCUT2D eigenvalue weighted by Gasteiger charge is -2.15. The quantitative estimate of drug-likeness (QED) is 0.441. The van der Waals surface area contributed by atoms with Crippen molar-refractivity contribution in [3.05, 3.63) is 63.9 Å². The number of rotatable bonds is 6. The highest BCUT2D eigenvalue weighted by Crippen LogP contribution is 2.16. The van der Waals surface area contributed by atoms with Gasteiger partial charge in [-0.3, -0.25) is 19.3 Å². The van der Waals surface area contributed by atoms with Gasteiger partial charge in [0.15, 0.2) is 5.43 Å². The number of pyridine rings is 1. The van der Waals surface area contributed by atoms with Gasteiger partial charge in [0.1, 0.15) is 11.4 Å². The number of hydroxylamine groups is 1. The number of amides is 3. The van der Waals surface area contributed by atoms with Gasteiger partial charge in [-0.05, 0) is 5.56 Å². The summed E-state index contributed by atoms with van der Waals surface area (Å²) in [4.78, 5) is 55.7. The number of aromatic nitrogens is 1. The fraction of sp³-hybridized carbons (Fsp3) is 0.176. The predicted molar refractivity (Wildman–Crippen MR) is 93.3 cm³/mol.